The highest BCUT2D eigenvalue weighted by Crippen LogP contribution is 2.39. The monoisotopic (exact) mass is 263 g/mol. The second-order valence-corrected chi connectivity index (χ2v) is 4.76. The van der Waals surface area contributed by atoms with Crippen LogP contribution >= 0.6 is 0 Å². The molecular weight excluding hydrogens is 246 g/mol. The minimum absolute atomic E-state index is 0.0163. The summed E-state index contributed by atoms with van der Waals surface area (Å²) in [5.41, 5.74) is -1.87. The summed E-state index contributed by atoms with van der Waals surface area (Å²) < 4.78 is 52.7. The van der Waals surface area contributed by atoms with Crippen molar-refractivity contribution in [3.63, 3.8) is 0 Å². The van der Waals surface area contributed by atoms with Gasteiger partial charge in [-0.3, -0.25) is 0 Å². The van der Waals surface area contributed by atoms with E-state index in [1.807, 2.05) is 0 Å². The van der Waals surface area contributed by atoms with E-state index in [1.165, 1.54) is 19.2 Å². The minimum Gasteiger partial charge on any atom is -0.303 e. The van der Waals surface area contributed by atoms with Gasteiger partial charge in [0.1, 0.15) is 11.4 Å². The maximum atomic E-state index is 13.5. The normalized spacial score (nSPS) is 15.8. The van der Waals surface area contributed by atoms with Crippen LogP contribution in [0.5, 0.6) is 0 Å². The van der Waals surface area contributed by atoms with Crippen LogP contribution in [0.15, 0.2) is 18.2 Å². The lowest BCUT2D eigenvalue weighted by Crippen LogP contribution is -2.50. The third-order valence-electron chi connectivity index (χ3n) is 3.26. The third kappa shape index (κ3) is 2.51. The van der Waals surface area contributed by atoms with Gasteiger partial charge in [0.05, 0.1) is 0 Å². The highest BCUT2D eigenvalue weighted by Gasteiger charge is 2.51. The van der Waals surface area contributed by atoms with Gasteiger partial charge < -0.3 is 5.32 Å². The first-order valence-corrected chi connectivity index (χ1v) is 5.69. The summed E-state index contributed by atoms with van der Waals surface area (Å²) in [6, 6.07) is 3.54. The number of benzene rings is 1. The molecule has 0 aromatic heterocycles. The predicted molar refractivity (Wildman–Crippen MR) is 63.0 cm³/mol. The van der Waals surface area contributed by atoms with Crippen LogP contribution in [0.1, 0.15) is 37.8 Å². The summed E-state index contributed by atoms with van der Waals surface area (Å²) in [5, 5.41) is 2.27. The van der Waals surface area contributed by atoms with Gasteiger partial charge in [-0.15, -0.1) is 0 Å². The average Bonchev–Trinajstić information content (AvgIpc) is 2.26. The quantitative estimate of drug-likeness (QED) is 0.814. The fourth-order valence-electron chi connectivity index (χ4n) is 1.75. The van der Waals surface area contributed by atoms with Crippen LogP contribution in [0.2, 0.25) is 0 Å². The van der Waals surface area contributed by atoms with E-state index in [0.29, 0.717) is 5.56 Å². The largest absolute Gasteiger partial charge is 0.410 e. The Kier molecular flexibility index (Phi) is 4.05. The van der Waals surface area contributed by atoms with E-state index in [4.69, 9.17) is 0 Å². The Morgan fingerprint density at radius 2 is 1.72 bits per heavy atom. The number of rotatable bonds is 3. The molecule has 0 radical (unpaired) electrons. The van der Waals surface area contributed by atoms with Gasteiger partial charge in [0.2, 0.25) is 0 Å². The van der Waals surface area contributed by atoms with Crippen molar-refractivity contribution in [2.45, 2.75) is 38.4 Å². The molecule has 0 bridgehead atoms. The van der Waals surface area contributed by atoms with Gasteiger partial charge >= 0.3 is 6.18 Å². The van der Waals surface area contributed by atoms with E-state index >= 15 is 0 Å². The van der Waals surface area contributed by atoms with E-state index in [1.54, 1.807) is 13.8 Å². The van der Waals surface area contributed by atoms with E-state index in [0.717, 1.165) is 13.0 Å². The number of hydrogen-bond donors (Lipinski definition) is 1. The number of alkyl halides is 3. The first-order valence-electron chi connectivity index (χ1n) is 5.69. The Labute approximate surface area is 104 Å². The molecule has 1 rings (SSSR count). The minimum atomic E-state index is -4.45. The van der Waals surface area contributed by atoms with Crippen molar-refractivity contribution in [1.29, 1.82) is 0 Å². The highest BCUT2D eigenvalue weighted by atomic mass is 19.4. The van der Waals surface area contributed by atoms with Crippen LogP contribution in [0.25, 0.3) is 0 Å². The van der Waals surface area contributed by atoms with Gasteiger partial charge in [-0.2, -0.15) is 13.2 Å². The molecule has 1 atom stereocenters. The van der Waals surface area contributed by atoms with Crippen molar-refractivity contribution in [2.75, 3.05) is 7.05 Å². The summed E-state index contributed by atoms with van der Waals surface area (Å²) >= 11 is 0. The van der Waals surface area contributed by atoms with E-state index in [2.05, 4.69) is 5.32 Å². The molecule has 1 N–H and O–H groups in total. The summed E-state index contributed by atoms with van der Waals surface area (Å²) in [6.45, 7) is 4.53. The first kappa shape index (κ1) is 15.0. The van der Waals surface area contributed by atoms with Crippen LogP contribution in [0, 0.1) is 5.82 Å². The molecule has 0 aliphatic heterocycles. The number of nitrogens with one attached hydrogen (secondary N) is 1. The van der Waals surface area contributed by atoms with Crippen molar-refractivity contribution in [3.05, 3.63) is 35.1 Å². The Morgan fingerprint density at radius 1 is 1.17 bits per heavy atom. The predicted octanol–water partition coefficient (Wildman–Crippen LogP) is 3.95. The Balaban J connectivity index is 3.37. The van der Waals surface area contributed by atoms with Crippen LogP contribution in [0.3, 0.4) is 0 Å². The van der Waals surface area contributed by atoms with Crippen LogP contribution < -0.4 is 5.32 Å². The van der Waals surface area contributed by atoms with Gasteiger partial charge in [-0.1, -0.05) is 26.0 Å². The van der Waals surface area contributed by atoms with Crippen LogP contribution in [-0.2, 0) is 5.54 Å². The molecule has 1 aromatic carbocycles. The Hall–Kier alpha value is -1.10. The fraction of sp³-hybridized carbons (Fsp3) is 0.538. The zero-order valence-corrected chi connectivity index (χ0v) is 10.8. The van der Waals surface area contributed by atoms with Crippen molar-refractivity contribution in [2.24, 2.45) is 0 Å². The SMILES string of the molecule is CNC(C)(c1ccc(F)c(C(C)C)c1)C(F)(F)F. The molecular formula is C13H17F4N. The zero-order chi connectivity index (χ0) is 14.1. The van der Waals surface area contributed by atoms with Gasteiger partial charge in [-0.05, 0) is 37.1 Å². The molecule has 0 amide bonds. The van der Waals surface area contributed by atoms with Crippen LogP contribution in [-0.4, -0.2) is 13.2 Å². The summed E-state index contributed by atoms with van der Waals surface area (Å²) in [5.74, 6) is -0.645. The Morgan fingerprint density at radius 3 is 2.11 bits per heavy atom. The number of hydrogen-bond acceptors (Lipinski definition) is 1. The van der Waals surface area contributed by atoms with Gasteiger partial charge in [0.25, 0.3) is 0 Å². The maximum Gasteiger partial charge on any atom is 0.410 e. The van der Waals surface area contributed by atoms with Crippen molar-refractivity contribution < 1.29 is 17.6 Å². The lowest BCUT2D eigenvalue weighted by Gasteiger charge is -2.32. The smallest absolute Gasteiger partial charge is 0.303 e. The molecule has 0 fully saturated rings. The summed E-state index contributed by atoms with van der Waals surface area (Å²) in [7, 11) is 1.24. The Bertz CT molecular complexity index is 425. The zero-order valence-electron chi connectivity index (χ0n) is 10.8. The highest BCUT2D eigenvalue weighted by molar-refractivity contribution is 5.33. The van der Waals surface area contributed by atoms with Gasteiger partial charge in [0, 0.05) is 0 Å². The maximum absolute atomic E-state index is 13.5. The lowest BCUT2D eigenvalue weighted by molar-refractivity contribution is -0.193. The molecule has 0 heterocycles. The standard InChI is InChI=1S/C13H17F4N/c1-8(2)10-7-9(5-6-11(10)14)12(3,18-4)13(15,16)17/h5-8,18H,1-4H3. The average molecular weight is 263 g/mol. The van der Waals surface area contributed by atoms with Crippen molar-refractivity contribution in [1.82, 2.24) is 5.32 Å². The molecule has 1 nitrogen and oxygen atoms in total. The molecule has 5 heteroatoms. The van der Waals surface area contributed by atoms with E-state index in [9.17, 15) is 17.6 Å². The summed E-state index contributed by atoms with van der Waals surface area (Å²) in [4.78, 5) is 0. The van der Waals surface area contributed by atoms with Crippen molar-refractivity contribution in [3.8, 4) is 0 Å². The van der Waals surface area contributed by atoms with E-state index < -0.39 is 17.5 Å². The summed E-state index contributed by atoms with van der Waals surface area (Å²) in [6.07, 6.45) is -4.45. The molecule has 0 aliphatic rings. The van der Waals surface area contributed by atoms with Gasteiger partial charge in [0.15, 0.2) is 0 Å². The molecule has 1 unspecified atom stereocenters. The molecule has 0 saturated carbocycles. The molecule has 18 heavy (non-hydrogen) atoms. The molecule has 0 spiro atoms. The first-order chi connectivity index (χ1) is 8.13. The molecule has 102 valence electrons. The lowest BCUT2D eigenvalue weighted by atomic mass is 9.88. The molecule has 1 aromatic rings. The van der Waals surface area contributed by atoms with E-state index in [-0.39, 0.29) is 11.5 Å². The van der Waals surface area contributed by atoms with Crippen molar-refractivity contribution >= 4 is 0 Å². The second kappa shape index (κ2) is 4.88. The molecule has 0 saturated heterocycles. The number of halogens is 4. The fourth-order valence-corrected chi connectivity index (χ4v) is 1.75. The third-order valence-corrected chi connectivity index (χ3v) is 3.26. The van der Waals surface area contributed by atoms with Gasteiger partial charge in [-0.25, -0.2) is 4.39 Å². The second-order valence-electron chi connectivity index (χ2n) is 4.76. The topological polar surface area (TPSA) is 12.0 Å². The molecule has 0 aliphatic carbocycles. The van der Waals surface area contributed by atoms with Crippen LogP contribution in [0.4, 0.5) is 17.6 Å².